The van der Waals surface area contributed by atoms with Crippen molar-refractivity contribution < 1.29 is 14.6 Å². The molecule has 2 unspecified atom stereocenters. The van der Waals surface area contributed by atoms with Gasteiger partial charge in [-0.3, -0.25) is 0 Å². The monoisotopic (exact) mass is 228 g/mol. The van der Waals surface area contributed by atoms with E-state index in [1.807, 2.05) is 6.92 Å². The minimum Gasteiger partial charge on any atom is -0.393 e. The van der Waals surface area contributed by atoms with Crippen molar-refractivity contribution in [3.05, 3.63) is 0 Å². The van der Waals surface area contributed by atoms with Crippen molar-refractivity contribution in [2.75, 3.05) is 19.8 Å². The zero-order valence-corrected chi connectivity index (χ0v) is 10.3. The van der Waals surface area contributed by atoms with Gasteiger partial charge in [-0.05, 0) is 51.4 Å². The Labute approximate surface area is 98.1 Å². The Kier molecular flexibility index (Phi) is 4.22. The van der Waals surface area contributed by atoms with E-state index in [2.05, 4.69) is 0 Å². The van der Waals surface area contributed by atoms with Crippen LogP contribution >= 0.6 is 0 Å². The topological polar surface area (TPSA) is 38.7 Å². The van der Waals surface area contributed by atoms with E-state index in [0.29, 0.717) is 12.5 Å². The van der Waals surface area contributed by atoms with E-state index in [1.54, 1.807) is 0 Å². The summed E-state index contributed by atoms with van der Waals surface area (Å²) in [6, 6.07) is 0. The van der Waals surface area contributed by atoms with Gasteiger partial charge in [0, 0.05) is 19.8 Å². The number of rotatable bonds is 5. The van der Waals surface area contributed by atoms with Crippen LogP contribution in [-0.4, -0.2) is 36.6 Å². The first-order chi connectivity index (χ1) is 7.76. The molecule has 2 fully saturated rings. The van der Waals surface area contributed by atoms with Gasteiger partial charge in [0.2, 0.25) is 0 Å². The van der Waals surface area contributed by atoms with Crippen LogP contribution in [0.1, 0.15) is 45.4 Å². The second-order valence-corrected chi connectivity index (χ2v) is 5.19. The molecule has 2 rings (SSSR count). The SMILES string of the molecule is CCOCCC(O)C1CCOC2(CCC2)C1. The molecule has 3 heteroatoms. The molecule has 16 heavy (non-hydrogen) atoms. The van der Waals surface area contributed by atoms with E-state index in [1.165, 1.54) is 19.3 Å². The molecule has 0 aromatic carbocycles. The average molecular weight is 228 g/mol. The molecule has 2 atom stereocenters. The van der Waals surface area contributed by atoms with E-state index >= 15 is 0 Å². The Morgan fingerprint density at radius 2 is 2.31 bits per heavy atom. The maximum atomic E-state index is 10.1. The first-order valence-electron chi connectivity index (χ1n) is 6.65. The van der Waals surface area contributed by atoms with Crippen molar-refractivity contribution in [3.63, 3.8) is 0 Å². The van der Waals surface area contributed by atoms with Crippen molar-refractivity contribution in [1.29, 1.82) is 0 Å². The predicted molar refractivity (Wildman–Crippen MR) is 62.4 cm³/mol. The second-order valence-electron chi connectivity index (χ2n) is 5.19. The fourth-order valence-corrected chi connectivity index (χ4v) is 2.90. The van der Waals surface area contributed by atoms with Crippen molar-refractivity contribution in [2.45, 2.75) is 57.2 Å². The zero-order chi connectivity index (χ0) is 11.4. The van der Waals surface area contributed by atoms with E-state index < -0.39 is 0 Å². The molecular weight excluding hydrogens is 204 g/mol. The lowest BCUT2D eigenvalue weighted by Crippen LogP contribution is -2.47. The number of hydrogen-bond donors (Lipinski definition) is 1. The molecule has 1 heterocycles. The molecule has 3 nitrogen and oxygen atoms in total. The van der Waals surface area contributed by atoms with Crippen molar-refractivity contribution in [1.82, 2.24) is 0 Å². The maximum absolute atomic E-state index is 10.1. The van der Waals surface area contributed by atoms with Crippen molar-refractivity contribution in [2.24, 2.45) is 5.92 Å². The Hall–Kier alpha value is -0.120. The zero-order valence-electron chi connectivity index (χ0n) is 10.3. The van der Waals surface area contributed by atoms with Gasteiger partial charge in [0.1, 0.15) is 0 Å². The number of aliphatic hydroxyl groups is 1. The van der Waals surface area contributed by atoms with E-state index in [4.69, 9.17) is 9.47 Å². The lowest BCUT2D eigenvalue weighted by molar-refractivity contribution is -0.158. The molecule has 94 valence electrons. The van der Waals surface area contributed by atoms with E-state index in [9.17, 15) is 5.11 Å². The van der Waals surface area contributed by atoms with Gasteiger partial charge in [-0.25, -0.2) is 0 Å². The van der Waals surface area contributed by atoms with Gasteiger partial charge in [-0.1, -0.05) is 0 Å². The van der Waals surface area contributed by atoms with Crippen LogP contribution in [0.15, 0.2) is 0 Å². The molecule has 1 aliphatic carbocycles. The summed E-state index contributed by atoms with van der Waals surface area (Å²) >= 11 is 0. The van der Waals surface area contributed by atoms with Crippen LogP contribution in [0.3, 0.4) is 0 Å². The van der Waals surface area contributed by atoms with Gasteiger partial charge in [0.25, 0.3) is 0 Å². The first kappa shape index (κ1) is 12.3. The molecule has 0 aromatic heterocycles. The molecule has 0 radical (unpaired) electrons. The van der Waals surface area contributed by atoms with Crippen LogP contribution < -0.4 is 0 Å². The number of aliphatic hydroxyl groups excluding tert-OH is 1. The summed E-state index contributed by atoms with van der Waals surface area (Å²) < 4.78 is 11.2. The molecule has 0 amide bonds. The standard InChI is InChI=1S/C13H24O3/c1-2-15-8-5-12(14)11-4-9-16-13(10-11)6-3-7-13/h11-12,14H,2-10H2,1H3. The molecule has 2 aliphatic rings. The highest BCUT2D eigenvalue weighted by atomic mass is 16.5. The summed E-state index contributed by atoms with van der Waals surface area (Å²) in [6.07, 6.45) is 6.32. The summed E-state index contributed by atoms with van der Waals surface area (Å²) in [5.41, 5.74) is 0.148. The predicted octanol–water partition coefficient (Wildman–Crippen LogP) is 2.12. The van der Waals surface area contributed by atoms with Crippen molar-refractivity contribution >= 4 is 0 Å². The lowest BCUT2D eigenvalue weighted by Gasteiger charge is -2.48. The molecule has 0 bridgehead atoms. The molecule has 1 aliphatic heterocycles. The second kappa shape index (κ2) is 5.48. The Morgan fingerprint density at radius 1 is 1.50 bits per heavy atom. The summed E-state index contributed by atoms with van der Waals surface area (Å²) in [4.78, 5) is 0. The Bertz CT molecular complexity index is 213. The van der Waals surface area contributed by atoms with Gasteiger partial charge in [-0.2, -0.15) is 0 Å². The fourth-order valence-electron chi connectivity index (χ4n) is 2.90. The van der Waals surface area contributed by atoms with Crippen molar-refractivity contribution in [3.8, 4) is 0 Å². The molecule has 0 aromatic rings. The van der Waals surface area contributed by atoms with Gasteiger partial charge in [0.15, 0.2) is 0 Å². The van der Waals surface area contributed by atoms with Crippen LogP contribution in [0.4, 0.5) is 0 Å². The summed E-state index contributed by atoms with van der Waals surface area (Å²) in [7, 11) is 0. The van der Waals surface area contributed by atoms with Gasteiger partial charge in [-0.15, -0.1) is 0 Å². The van der Waals surface area contributed by atoms with Crippen LogP contribution in [-0.2, 0) is 9.47 Å². The molecule has 1 saturated carbocycles. The van der Waals surface area contributed by atoms with Gasteiger partial charge >= 0.3 is 0 Å². The molecule has 1 saturated heterocycles. The minimum atomic E-state index is -0.201. The molecular formula is C13H24O3. The summed E-state index contributed by atoms with van der Waals surface area (Å²) in [5, 5.41) is 10.1. The highest BCUT2D eigenvalue weighted by Gasteiger charge is 2.43. The first-order valence-corrected chi connectivity index (χ1v) is 6.65. The lowest BCUT2D eigenvalue weighted by atomic mass is 9.70. The fraction of sp³-hybridized carbons (Fsp3) is 1.00. The number of ether oxygens (including phenoxy) is 2. The number of hydrogen-bond acceptors (Lipinski definition) is 3. The molecule has 1 spiro atoms. The highest BCUT2D eigenvalue weighted by molar-refractivity contribution is 4.95. The minimum absolute atomic E-state index is 0.148. The van der Waals surface area contributed by atoms with Crippen LogP contribution in [0, 0.1) is 5.92 Å². The summed E-state index contributed by atoms with van der Waals surface area (Å²) in [6.45, 7) is 4.24. The Morgan fingerprint density at radius 3 is 2.94 bits per heavy atom. The van der Waals surface area contributed by atoms with Crippen LogP contribution in [0.5, 0.6) is 0 Å². The Balaban J connectivity index is 1.75. The third kappa shape index (κ3) is 2.76. The largest absolute Gasteiger partial charge is 0.393 e. The van der Waals surface area contributed by atoms with Gasteiger partial charge in [0.05, 0.1) is 11.7 Å². The van der Waals surface area contributed by atoms with E-state index in [0.717, 1.165) is 32.5 Å². The maximum Gasteiger partial charge on any atom is 0.0686 e. The average Bonchev–Trinajstić information content (AvgIpc) is 2.27. The summed E-state index contributed by atoms with van der Waals surface area (Å²) in [5.74, 6) is 0.425. The normalized spacial score (nSPS) is 30.0. The quantitative estimate of drug-likeness (QED) is 0.733. The van der Waals surface area contributed by atoms with E-state index in [-0.39, 0.29) is 11.7 Å². The third-order valence-corrected chi connectivity index (χ3v) is 4.10. The molecule has 1 N–H and O–H groups in total. The van der Waals surface area contributed by atoms with Crippen LogP contribution in [0.25, 0.3) is 0 Å². The highest BCUT2D eigenvalue weighted by Crippen LogP contribution is 2.45. The van der Waals surface area contributed by atoms with Gasteiger partial charge < -0.3 is 14.6 Å². The third-order valence-electron chi connectivity index (χ3n) is 4.10. The smallest absolute Gasteiger partial charge is 0.0686 e. The van der Waals surface area contributed by atoms with Crippen LogP contribution in [0.2, 0.25) is 0 Å².